The third-order valence-corrected chi connectivity index (χ3v) is 0.625. The predicted molar refractivity (Wildman–Crippen MR) is 35.1 cm³/mol. The van der Waals surface area contributed by atoms with E-state index in [-0.39, 0.29) is 0 Å². The van der Waals surface area contributed by atoms with Crippen molar-refractivity contribution in [2.45, 2.75) is 26.1 Å². The van der Waals surface area contributed by atoms with Gasteiger partial charge in [0.05, 0.1) is 1.37 Å². The van der Waals surface area contributed by atoms with Crippen LogP contribution in [0.4, 0.5) is 0 Å². The summed E-state index contributed by atoms with van der Waals surface area (Å²) >= 11 is 0. The lowest BCUT2D eigenvalue weighted by atomic mass is 10.0. The topological polar surface area (TPSA) is 63.3 Å². The molecular weight excluding hydrogens is 119 g/mol. The minimum Gasteiger partial charge on any atom is -0.480 e. The molecule has 0 saturated heterocycles. The average molecular weight is 142 g/mol. The van der Waals surface area contributed by atoms with Gasteiger partial charge in [0.15, 0.2) is 0 Å². The summed E-state index contributed by atoms with van der Waals surface area (Å²) in [5.74, 6) is -6.21. The third-order valence-electron chi connectivity index (χ3n) is 0.625. The van der Waals surface area contributed by atoms with Gasteiger partial charge in [0.2, 0.25) is 0 Å². The Morgan fingerprint density at radius 1 is 2.22 bits per heavy atom. The van der Waals surface area contributed by atoms with Crippen LogP contribution in [0.2, 0.25) is 0 Å². The van der Waals surface area contributed by atoms with E-state index in [9.17, 15) is 4.79 Å². The Morgan fingerprint density at radius 3 is 3.22 bits per heavy atom. The van der Waals surface area contributed by atoms with E-state index in [4.69, 9.17) is 24.5 Å². The van der Waals surface area contributed by atoms with Gasteiger partial charge in [-0.05, 0) is 5.89 Å². The van der Waals surface area contributed by atoms with Crippen molar-refractivity contribution in [2.75, 3.05) is 0 Å². The quantitative estimate of drug-likeness (QED) is 0.562. The van der Waals surface area contributed by atoms with Crippen LogP contribution in [0.1, 0.15) is 33.8 Å². The molecule has 0 aliphatic carbocycles. The molecule has 0 aromatic carbocycles. The van der Waals surface area contributed by atoms with Gasteiger partial charge in [-0.3, -0.25) is 4.79 Å². The van der Waals surface area contributed by atoms with Crippen molar-refractivity contribution in [3.05, 3.63) is 0 Å². The van der Waals surface area contributed by atoms with Crippen molar-refractivity contribution >= 4 is 5.97 Å². The molecule has 0 rings (SSSR count). The first-order valence-corrected chi connectivity index (χ1v) is 1.97. The second-order valence-corrected chi connectivity index (χ2v) is 1.22. The summed E-state index contributed by atoms with van der Waals surface area (Å²) < 4.78 is 71.5. The molecule has 0 aliphatic heterocycles. The van der Waals surface area contributed by atoms with E-state index >= 15 is 0 Å². The monoisotopic (exact) mass is 142 g/mol. The van der Waals surface area contributed by atoms with Crippen LogP contribution in [-0.2, 0) is 4.79 Å². The second kappa shape index (κ2) is 3.45. The highest BCUT2D eigenvalue weighted by Gasteiger charge is 2.17. The maximum atomic E-state index is 10.9. The Bertz CT molecular complexity index is 371. The van der Waals surface area contributed by atoms with Crippen molar-refractivity contribution in [1.29, 1.82) is 0 Å². The zero-order chi connectivity index (χ0) is 16.1. The number of aliphatic carboxylic acids is 1. The number of nitrogens with two attached hydrogens (primary N) is 1. The van der Waals surface area contributed by atoms with E-state index in [0.29, 0.717) is 0 Å². The van der Waals surface area contributed by atoms with Gasteiger partial charge in [-0.15, -0.1) is 0 Å². The van der Waals surface area contributed by atoms with Gasteiger partial charge >= 0.3 is 5.97 Å². The maximum Gasteiger partial charge on any atom is 0.320 e. The highest BCUT2D eigenvalue weighted by molar-refractivity contribution is 5.73. The Balaban J connectivity index is 6.38. The first-order chi connectivity index (χ1) is 7.94. The van der Waals surface area contributed by atoms with E-state index in [0.717, 1.165) is 0 Å². The third kappa shape index (κ3) is 2.46. The summed E-state index contributed by atoms with van der Waals surface area (Å²) in [7, 11) is 0. The molecule has 0 aromatic rings. The molecule has 0 bridgehead atoms. The molecule has 0 spiro atoms. The van der Waals surface area contributed by atoms with E-state index in [1.165, 1.54) is 0 Å². The van der Waals surface area contributed by atoms with Crippen molar-refractivity contribution in [1.82, 2.24) is 0 Å². The van der Waals surface area contributed by atoms with Crippen molar-refractivity contribution in [2.24, 2.45) is 11.6 Å². The van der Waals surface area contributed by atoms with Crippen LogP contribution >= 0.6 is 0 Å². The Hall–Kier alpha value is -0.570. The number of hydrogen-bond acceptors (Lipinski definition) is 2. The van der Waals surface area contributed by atoms with Gasteiger partial charge in [0, 0.05) is 12.3 Å². The molecule has 0 aromatic heterocycles. The van der Waals surface area contributed by atoms with Gasteiger partial charge in [0.1, 0.15) is 6.02 Å². The summed E-state index contributed by atoms with van der Waals surface area (Å²) in [4.78, 5) is 10.9. The fourth-order valence-corrected chi connectivity index (χ4v) is 0.174. The van der Waals surface area contributed by atoms with Gasteiger partial charge in [-0.1, -0.05) is 20.1 Å². The molecule has 0 amide bonds. The van der Waals surface area contributed by atoms with Gasteiger partial charge in [0.25, 0.3) is 0 Å². The number of carboxylic acids is 1. The van der Waals surface area contributed by atoms with E-state index < -0.39 is 38.0 Å². The molecule has 9 heavy (non-hydrogen) atoms. The lowest BCUT2D eigenvalue weighted by Gasteiger charge is -2.11. The molecule has 3 nitrogen and oxygen atoms in total. The summed E-state index contributed by atoms with van der Waals surface area (Å²) in [6.07, 6.45) is -3.85. The van der Waals surface area contributed by atoms with Gasteiger partial charge in [-0.2, -0.15) is 0 Å². The van der Waals surface area contributed by atoms with E-state index in [1.807, 2.05) is 0 Å². The smallest absolute Gasteiger partial charge is 0.320 e. The highest BCUT2D eigenvalue weighted by Crippen LogP contribution is 2.04. The zero-order valence-corrected chi connectivity index (χ0v) is 4.43. The largest absolute Gasteiger partial charge is 0.480 e. The molecule has 0 radical (unpaired) electrons. The van der Waals surface area contributed by atoms with Crippen LogP contribution < -0.4 is 5.73 Å². The summed E-state index contributed by atoms with van der Waals surface area (Å²) in [5, 5.41) is 8.74. The van der Waals surface area contributed by atoms with E-state index in [2.05, 4.69) is 0 Å². The molecule has 3 heteroatoms. The molecule has 0 fully saturated rings. The molecule has 0 saturated carbocycles. The van der Waals surface area contributed by atoms with Crippen LogP contribution in [0.25, 0.3) is 0 Å². The van der Waals surface area contributed by atoms with Gasteiger partial charge in [-0.25, -0.2) is 0 Å². The fraction of sp³-hybridized carbons (Fsp3) is 0.833. The lowest BCUT2D eigenvalue weighted by molar-refractivity contribution is -0.139. The molecule has 0 aliphatic rings. The summed E-state index contributed by atoms with van der Waals surface area (Å²) in [6.45, 7) is -7.40. The van der Waals surface area contributed by atoms with Crippen molar-refractivity contribution in [3.8, 4) is 0 Å². The molecule has 54 valence electrons. The normalized spacial score (nSPS) is 44.6. The van der Waals surface area contributed by atoms with Crippen LogP contribution in [0.15, 0.2) is 0 Å². The number of hydrogen-bond donors (Lipinski definition) is 2. The first kappa shape index (κ1) is 1.53. The van der Waals surface area contributed by atoms with Crippen LogP contribution in [0, 0.1) is 5.89 Å². The second-order valence-electron chi connectivity index (χ2n) is 1.22. The highest BCUT2D eigenvalue weighted by atomic mass is 16.4. The van der Waals surface area contributed by atoms with Crippen molar-refractivity contribution < 1.29 is 23.6 Å². The Labute approximate surface area is 68.9 Å². The maximum absolute atomic E-state index is 10.9. The summed E-state index contributed by atoms with van der Waals surface area (Å²) in [6, 6.07) is -3.68. The Morgan fingerprint density at radius 2 is 2.89 bits per heavy atom. The molecule has 0 heterocycles. The number of carboxylic acid groups (broad SMARTS) is 1. The fourth-order valence-electron chi connectivity index (χ4n) is 0.174. The average Bonchev–Trinajstić information content (AvgIpc) is 2.11. The molecule has 0 unspecified atom stereocenters. The van der Waals surface area contributed by atoms with Gasteiger partial charge < -0.3 is 10.8 Å². The number of carbonyl (C=O) groups is 1. The lowest BCUT2D eigenvalue weighted by Crippen LogP contribution is -2.36. The van der Waals surface area contributed by atoms with Crippen LogP contribution in [-0.4, -0.2) is 17.1 Å². The van der Waals surface area contributed by atoms with E-state index in [1.54, 1.807) is 0 Å². The molecular formula is C6H13NO2. The minimum absolute atomic E-state index is 2.31. The zero-order valence-electron chi connectivity index (χ0n) is 14.4. The predicted octanol–water partition coefficient (Wildman–Crippen LogP) is 0.444. The van der Waals surface area contributed by atoms with Crippen molar-refractivity contribution in [3.63, 3.8) is 0 Å². The van der Waals surface area contributed by atoms with Crippen LogP contribution in [0.3, 0.4) is 0 Å². The first-order valence-electron chi connectivity index (χ1n) is 6.97. The molecule has 2 atom stereocenters. The molecule has 3 N–H and O–H groups in total. The van der Waals surface area contributed by atoms with Crippen LogP contribution in [0.5, 0.6) is 0 Å². The number of rotatable bonds is 3. The Kier molecular flexibility index (Phi) is 0.588. The summed E-state index contributed by atoms with van der Waals surface area (Å²) in [5.41, 5.74) is 4.94. The minimum atomic E-state index is -3.90. The standard InChI is InChI=1S/C6H13NO2/c1-3-4(2)5(7)6(8)9/h4-5H,3,7H2,1-2H3,(H,8,9)/t4-,5-/m0/s1/i1D3,2D3,3D2,4D,5D,7+1. The SMILES string of the molecule is [2H]C([2H])([2H])C([2H])([2H])[C@]([2H])(C([2H])([2H])[2H])[C@]([2H])([15NH2])C(=O)O.